The van der Waals surface area contributed by atoms with Gasteiger partial charge in [0, 0.05) is 46.4 Å². The molecule has 0 atom stereocenters. The first kappa shape index (κ1) is 28.4. The minimum atomic E-state index is -3.97. The van der Waals surface area contributed by atoms with E-state index in [1.807, 2.05) is 24.3 Å². The van der Waals surface area contributed by atoms with E-state index >= 15 is 0 Å². The topological polar surface area (TPSA) is 113 Å². The summed E-state index contributed by atoms with van der Waals surface area (Å²) in [4.78, 5) is 4.32. The summed E-state index contributed by atoms with van der Waals surface area (Å²) >= 11 is 3.39. The number of hydrogen-bond acceptors (Lipinski definition) is 9. The van der Waals surface area contributed by atoms with Crippen LogP contribution < -0.4 is 18.9 Å². The quantitative estimate of drug-likeness (QED) is 0.215. The molecule has 3 aromatic carbocycles. The normalized spacial score (nSPS) is 11.4. The molecule has 0 unspecified atom stereocenters. The molecule has 0 aliphatic carbocycles. The Kier molecular flexibility index (Phi) is 9.10. The third kappa shape index (κ3) is 6.88. The van der Waals surface area contributed by atoms with E-state index in [9.17, 15) is 8.42 Å². The smallest absolute Gasteiger partial charge is 0.243 e. The lowest BCUT2D eigenvalue weighted by atomic mass is 10.1. The van der Waals surface area contributed by atoms with Gasteiger partial charge in [0.25, 0.3) is 0 Å². The Morgan fingerprint density at radius 1 is 0.795 bits per heavy atom. The number of aromatic nitrogens is 2. The largest absolute Gasteiger partial charge is 0.497 e. The van der Waals surface area contributed by atoms with Crippen molar-refractivity contribution in [1.82, 2.24) is 14.4 Å². The van der Waals surface area contributed by atoms with Gasteiger partial charge >= 0.3 is 0 Å². The lowest BCUT2D eigenvalue weighted by Gasteiger charge is -2.24. The van der Waals surface area contributed by atoms with Crippen molar-refractivity contribution < 1.29 is 31.9 Å². The predicted molar refractivity (Wildman–Crippen MR) is 148 cm³/mol. The summed E-state index contributed by atoms with van der Waals surface area (Å²) in [6, 6.07) is 17.7. The molecule has 0 bridgehead atoms. The van der Waals surface area contributed by atoms with Crippen LogP contribution in [0, 0.1) is 0 Å². The predicted octanol–water partition coefficient (Wildman–Crippen LogP) is 5.07. The van der Waals surface area contributed by atoms with E-state index in [1.54, 1.807) is 50.6 Å². The van der Waals surface area contributed by atoms with E-state index in [-0.39, 0.29) is 19.0 Å². The molecular formula is C27H28BrN3O7S. The summed E-state index contributed by atoms with van der Waals surface area (Å²) in [5.41, 5.74) is 2.00. The van der Waals surface area contributed by atoms with Gasteiger partial charge in [-0.3, -0.25) is 0 Å². The molecule has 1 aromatic heterocycles. The second-order valence-corrected chi connectivity index (χ2v) is 11.3. The highest BCUT2D eigenvalue weighted by atomic mass is 79.9. The molecule has 0 aliphatic heterocycles. The molecule has 4 aromatic rings. The van der Waals surface area contributed by atoms with Gasteiger partial charge in [-0.05, 0) is 36.4 Å². The molecule has 39 heavy (non-hydrogen) atoms. The van der Waals surface area contributed by atoms with E-state index in [1.165, 1.54) is 18.5 Å². The number of halogens is 1. The van der Waals surface area contributed by atoms with Gasteiger partial charge in [0.15, 0.2) is 0 Å². The third-order valence-corrected chi connectivity index (χ3v) is 8.14. The Bertz CT molecular complexity index is 1470. The van der Waals surface area contributed by atoms with Crippen molar-refractivity contribution in [3.8, 4) is 34.4 Å². The molecule has 1 heterocycles. The number of benzene rings is 3. The highest BCUT2D eigenvalue weighted by Crippen LogP contribution is 2.31. The van der Waals surface area contributed by atoms with Crippen LogP contribution in [0.4, 0.5) is 0 Å². The number of rotatable bonds is 12. The monoisotopic (exact) mass is 617 g/mol. The van der Waals surface area contributed by atoms with Crippen molar-refractivity contribution >= 4 is 26.0 Å². The standard InChI is InChI=1S/C27H28BrN3O7S/c1-34-22-11-7-19(24(13-22)36-3)15-31(16-20-8-12-23(35-2)14-25(20)37-4)39(32,33)17-26-29-27(30-38-26)18-5-9-21(28)10-6-18/h5-14H,15-17H2,1-4H3. The molecule has 4 rings (SSSR count). The fourth-order valence-corrected chi connectivity index (χ4v) is 5.42. The van der Waals surface area contributed by atoms with Gasteiger partial charge in [-0.1, -0.05) is 33.2 Å². The van der Waals surface area contributed by atoms with E-state index in [4.69, 9.17) is 23.5 Å². The van der Waals surface area contributed by atoms with Crippen LogP contribution in [0.2, 0.25) is 0 Å². The van der Waals surface area contributed by atoms with Crippen molar-refractivity contribution in [3.63, 3.8) is 0 Å². The summed E-state index contributed by atoms with van der Waals surface area (Å²) in [5.74, 6) is 1.95. The van der Waals surface area contributed by atoms with E-state index in [0.29, 0.717) is 45.5 Å². The third-order valence-electron chi connectivity index (χ3n) is 5.95. The lowest BCUT2D eigenvalue weighted by molar-refractivity contribution is 0.352. The number of sulfonamides is 1. The fourth-order valence-electron chi connectivity index (χ4n) is 3.87. The number of methoxy groups -OCH3 is 4. The van der Waals surface area contributed by atoms with Gasteiger partial charge in [-0.15, -0.1) is 0 Å². The summed E-state index contributed by atoms with van der Waals surface area (Å²) in [7, 11) is 2.17. The lowest BCUT2D eigenvalue weighted by Crippen LogP contribution is -2.31. The molecule has 0 N–H and O–H groups in total. The summed E-state index contributed by atoms with van der Waals surface area (Å²) < 4.78 is 56.8. The summed E-state index contributed by atoms with van der Waals surface area (Å²) in [5, 5.41) is 3.97. The second-order valence-electron chi connectivity index (χ2n) is 8.40. The Morgan fingerprint density at radius 3 is 1.82 bits per heavy atom. The maximum absolute atomic E-state index is 13.8. The van der Waals surface area contributed by atoms with Crippen LogP contribution in [0.1, 0.15) is 17.0 Å². The zero-order chi connectivity index (χ0) is 28.0. The van der Waals surface area contributed by atoms with Gasteiger partial charge in [0.05, 0.1) is 28.4 Å². The van der Waals surface area contributed by atoms with Crippen LogP contribution in [0.25, 0.3) is 11.4 Å². The van der Waals surface area contributed by atoms with Gasteiger partial charge in [0.1, 0.15) is 28.8 Å². The van der Waals surface area contributed by atoms with Gasteiger partial charge in [0.2, 0.25) is 21.7 Å². The Balaban J connectivity index is 1.67. The molecule has 0 fully saturated rings. The molecule has 10 nitrogen and oxygen atoms in total. The van der Waals surface area contributed by atoms with Crippen molar-refractivity contribution in [2.45, 2.75) is 18.8 Å². The van der Waals surface area contributed by atoms with Crippen LogP contribution >= 0.6 is 15.9 Å². The molecule has 12 heteroatoms. The fraction of sp³-hybridized carbons (Fsp3) is 0.259. The van der Waals surface area contributed by atoms with Crippen molar-refractivity contribution in [2.75, 3.05) is 28.4 Å². The molecule has 0 radical (unpaired) electrons. The van der Waals surface area contributed by atoms with Crippen molar-refractivity contribution in [2.24, 2.45) is 0 Å². The number of ether oxygens (including phenoxy) is 4. The number of hydrogen-bond donors (Lipinski definition) is 0. The van der Waals surface area contributed by atoms with Crippen LogP contribution in [-0.2, 0) is 28.9 Å². The summed E-state index contributed by atoms with van der Waals surface area (Å²) in [6.07, 6.45) is 0. The Morgan fingerprint density at radius 2 is 1.33 bits per heavy atom. The maximum atomic E-state index is 13.8. The highest BCUT2D eigenvalue weighted by molar-refractivity contribution is 9.10. The van der Waals surface area contributed by atoms with Crippen LogP contribution in [0.15, 0.2) is 69.7 Å². The van der Waals surface area contributed by atoms with Crippen molar-refractivity contribution in [1.29, 1.82) is 0 Å². The van der Waals surface area contributed by atoms with Crippen LogP contribution in [0.5, 0.6) is 23.0 Å². The van der Waals surface area contributed by atoms with E-state index in [2.05, 4.69) is 26.1 Å². The zero-order valence-corrected chi connectivity index (χ0v) is 24.3. The average molecular weight is 619 g/mol. The molecule has 0 amide bonds. The Labute approximate surface area is 235 Å². The highest BCUT2D eigenvalue weighted by Gasteiger charge is 2.28. The molecule has 206 valence electrons. The first-order chi connectivity index (χ1) is 18.8. The SMILES string of the molecule is COc1ccc(CN(Cc2ccc(OC)cc2OC)S(=O)(=O)Cc2nc(-c3ccc(Br)cc3)no2)c(OC)c1. The average Bonchev–Trinajstić information content (AvgIpc) is 3.40. The van der Waals surface area contributed by atoms with E-state index in [0.717, 1.165) is 4.47 Å². The molecule has 0 saturated carbocycles. The van der Waals surface area contributed by atoms with Crippen LogP contribution in [0.3, 0.4) is 0 Å². The van der Waals surface area contributed by atoms with Crippen molar-refractivity contribution in [3.05, 3.63) is 82.2 Å². The molecule has 0 spiro atoms. The minimum absolute atomic E-state index is 0.0123. The Hall–Kier alpha value is -3.61. The first-order valence-electron chi connectivity index (χ1n) is 11.7. The van der Waals surface area contributed by atoms with Gasteiger partial charge < -0.3 is 23.5 Å². The van der Waals surface area contributed by atoms with Gasteiger partial charge in [-0.25, -0.2) is 8.42 Å². The number of nitrogens with zero attached hydrogens (tertiary/aromatic N) is 3. The first-order valence-corrected chi connectivity index (χ1v) is 14.1. The van der Waals surface area contributed by atoms with Gasteiger partial charge in [-0.2, -0.15) is 9.29 Å². The maximum Gasteiger partial charge on any atom is 0.243 e. The van der Waals surface area contributed by atoms with E-state index < -0.39 is 15.8 Å². The summed E-state index contributed by atoms with van der Waals surface area (Å²) in [6.45, 7) is 0.0246. The molecule has 0 saturated heterocycles. The second kappa shape index (κ2) is 12.5. The molecule has 0 aliphatic rings. The minimum Gasteiger partial charge on any atom is -0.497 e. The van der Waals surface area contributed by atoms with Crippen LogP contribution in [-0.4, -0.2) is 51.3 Å². The molecular weight excluding hydrogens is 590 g/mol. The zero-order valence-electron chi connectivity index (χ0n) is 21.9.